The van der Waals surface area contributed by atoms with Gasteiger partial charge in [0.1, 0.15) is 18.1 Å². The maximum absolute atomic E-state index is 13.1. The molecule has 1 N–H and O–H groups in total. The van der Waals surface area contributed by atoms with Gasteiger partial charge in [-0.05, 0) is 104 Å². The van der Waals surface area contributed by atoms with E-state index in [4.69, 9.17) is 14.6 Å². The Balaban J connectivity index is 1.52. The summed E-state index contributed by atoms with van der Waals surface area (Å²) in [5.41, 5.74) is 3.04. The third kappa shape index (κ3) is 8.14. The fourth-order valence-corrected chi connectivity index (χ4v) is 4.40. The lowest BCUT2D eigenvalue weighted by Crippen LogP contribution is -2.18. The summed E-state index contributed by atoms with van der Waals surface area (Å²) in [6.45, 7) is 4.40. The molecule has 0 saturated carbocycles. The first kappa shape index (κ1) is 28.8. The molecule has 0 aromatic heterocycles. The minimum atomic E-state index is -4.42. The quantitative estimate of drug-likeness (QED) is 0.312. The second-order valence-corrected chi connectivity index (χ2v) is 9.48. The molecule has 1 fully saturated rings. The van der Waals surface area contributed by atoms with Gasteiger partial charge < -0.3 is 14.6 Å². The summed E-state index contributed by atoms with van der Waals surface area (Å²) in [5.74, 6) is 6.33. The molecule has 40 heavy (non-hydrogen) atoms. The molecule has 0 radical (unpaired) electrons. The second-order valence-electron chi connectivity index (χ2n) is 9.48. The Morgan fingerprint density at radius 2 is 1.62 bits per heavy atom. The number of carboxylic acid groups (broad SMARTS) is 1. The Labute approximate surface area is 231 Å². The highest BCUT2D eigenvalue weighted by Gasteiger charge is 2.30. The van der Waals surface area contributed by atoms with Gasteiger partial charge in [0, 0.05) is 5.56 Å². The summed E-state index contributed by atoms with van der Waals surface area (Å²) in [5, 5.41) is 8.81. The van der Waals surface area contributed by atoms with Crippen molar-refractivity contribution in [1.82, 2.24) is 4.90 Å². The topological polar surface area (TPSA) is 59.0 Å². The van der Waals surface area contributed by atoms with Gasteiger partial charge in [0.05, 0.1) is 12.1 Å². The Morgan fingerprint density at radius 3 is 2.23 bits per heavy atom. The third-order valence-electron chi connectivity index (χ3n) is 6.49. The lowest BCUT2D eigenvalue weighted by molar-refractivity contribution is -0.139. The van der Waals surface area contributed by atoms with Crippen LogP contribution in [0.5, 0.6) is 11.5 Å². The number of halogens is 3. The lowest BCUT2D eigenvalue weighted by atomic mass is 9.96. The number of rotatable bonds is 9. The molecule has 0 amide bonds. The van der Waals surface area contributed by atoms with Crippen LogP contribution in [-0.4, -0.2) is 48.8 Å². The van der Waals surface area contributed by atoms with Gasteiger partial charge in [0.25, 0.3) is 0 Å². The summed E-state index contributed by atoms with van der Waals surface area (Å²) < 4.78 is 50.6. The molecule has 3 aromatic carbocycles. The van der Waals surface area contributed by atoms with Gasteiger partial charge >= 0.3 is 12.1 Å². The smallest absolute Gasteiger partial charge is 0.416 e. The van der Waals surface area contributed by atoms with Gasteiger partial charge in [-0.1, -0.05) is 36.1 Å². The van der Waals surface area contributed by atoms with E-state index in [-0.39, 0.29) is 6.61 Å². The minimum absolute atomic E-state index is 0.155. The largest absolute Gasteiger partial charge is 0.489 e. The molecule has 1 heterocycles. The first-order valence-electron chi connectivity index (χ1n) is 13.0. The standard InChI is InChI=1S/C32H30F3NO4/c1-23-21-28(14-15-30(23)40-22-31(37)38)39-20-16-29(26-10-12-27(13-11-26)32(33,34)35)25-8-6-24(7-9-25)5-4-19-36-17-2-3-18-36/h6-16,21H,2-3,17-20,22H2,1H3,(H,37,38). The average molecular weight is 550 g/mol. The Kier molecular flexibility index (Phi) is 9.52. The summed E-state index contributed by atoms with van der Waals surface area (Å²) in [7, 11) is 0. The van der Waals surface area contributed by atoms with E-state index in [1.165, 1.54) is 25.0 Å². The number of carboxylic acids is 1. The van der Waals surface area contributed by atoms with Crippen molar-refractivity contribution in [2.24, 2.45) is 0 Å². The van der Waals surface area contributed by atoms with Crippen molar-refractivity contribution in [2.75, 3.05) is 32.8 Å². The maximum Gasteiger partial charge on any atom is 0.416 e. The van der Waals surface area contributed by atoms with Crippen LogP contribution in [0.3, 0.4) is 0 Å². The summed E-state index contributed by atoms with van der Waals surface area (Å²) in [6.07, 6.45) is -0.170. The van der Waals surface area contributed by atoms with Crippen molar-refractivity contribution in [2.45, 2.75) is 25.9 Å². The molecule has 1 aliphatic rings. The third-order valence-corrected chi connectivity index (χ3v) is 6.49. The Bertz CT molecular complexity index is 1400. The van der Waals surface area contributed by atoms with E-state index in [1.54, 1.807) is 25.1 Å². The highest BCUT2D eigenvalue weighted by molar-refractivity contribution is 5.80. The summed E-state index contributed by atoms with van der Waals surface area (Å²) >= 11 is 0. The van der Waals surface area contributed by atoms with Crippen LogP contribution in [-0.2, 0) is 11.0 Å². The highest BCUT2D eigenvalue weighted by Crippen LogP contribution is 2.32. The van der Waals surface area contributed by atoms with Crippen LogP contribution < -0.4 is 9.47 Å². The van der Waals surface area contributed by atoms with Gasteiger partial charge in [-0.15, -0.1) is 0 Å². The fourth-order valence-electron chi connectivity index (χ4n) is 4.40. The summed E-state index contributed by atoms with van der Waals surface area (Å²) in [4.78, 5) is 13.1. The van der Waals surface area contributed by atoms with Crippen molar-refractivity contribution in [3.8, 4) is 23.3 Å². The molecule has 5 nitrogen and oxygen atoms in total. The van der Waals surface area contributed by atoms with Crippen LogP contribution in [0.25, 0.3) is 5.57 Å². The average Bonchev–Trinajstić information content (AvgIpc) is 3.44. The number of likely N-dealkylation sites (tertiary alicyclic amines) is 1. The normalized spacial score (nSPS) is 13.9. The number of benzene rings is 3. The van der Waals surface area contributed by atoms with Crippen molar-refractivity contribution in [3.63, 3.8) is 0 Å². The predicted octanol–water partition coefficient (Wildman–Crippen LogP) is 6.44. The molecule has 0 atom stereocenters. The van der Waals surface area contributed by atoms with E-state index in [1.807, 2.05) is 30.3 Å². The van der Waals surface area contributed by atoms with Gasteiger partial charge in [0.15, 0.2) is 6.61 Å². The molecule has 1 aliphatic heterocycles. The van der Waals surface area contributed by atoms with Crippen LogP contribution in [0.1, 0.15) is 40.7 Å². The minimum Gasteiger partial charge on any atom is -0.489 e. The maximum atomic E-state index is 13.1. The molecule has 0 aliphatic carbocycles. The van der Waals surface area contributed by atoms with Crippen LogP contribution in [0.4, 0.5) is 13.2 Å². The molecule has 3 aromatic rings. The van der Waals surface area contributed by atoms with Gasteiger partial charge in [-0.25, -0.2) is 4.79 Å². The molecule has 208 valence electrons. The van der Waals surface area contributed by atoms with E-state index in [2.05, 4.69) is 16.7 Å². The monoisotopic (exact) mass is 549 g/mol. The molecule has 1 saturated heterocycles. The number of nitrogens with zero attached hydrogens (tertiary/aromatic N) is 1. The lowest BCUT2D eigenvalue weighted by Gasteiger charge is -2.13. The van der Waals surface area contributed by atoms with Gasteiger partial charge in [-0.2, -0.15) is 13.2 Å². The predicted molar refractivity (Wildman–Crippen MR) is 147 cm³/mol. The zero-order valence-corrected chi connectivity index (χ0v) is 22.1. The number of alkyl halides is 3. The van der Waals surface area contributed by atoms with Crippen LogP contribution in [0, 0.1) is 18.8 Å². The number of ether oxygens (including phenoxy) is 2. The molecule has 0 unspecified atom stereocenters. The molecule has 0 bridgehead atoms. The SMILES string of the molecule is Cc1cc(OCC=C(c2ccc(C#CCN3CCCC3)cc2)c2ccc(C(F)(F)F)cc2)ccc1OCC(=O)O. The van der Waals surface area contributed by atoms with Crippen LogP contribution >= 0.6 is 0 Å². The van der Waals surface area contributed by atoms with Crippen molar-refractivity contribution in [3.05, 3.63) is 101 Å². The highest BCUT2D eigenvalue weighted by atomic mass is 19.4. The summed E-state index contributed by atoms with van der Waals surface area (Å²) in [6, 6.07) is 17.7. The fraction of sp³-hybridized carbons (Fsp3) is 0.281. The molecular weight excluding hydrogens is 519 g/mol. The van der Waals surface area contributed by atoms with Gasteiger partial charge in [-0.3, -0.25) is 4.90 Å². The zero-order valence-electron chi connectivity index (χ0n) is 22.1. The van der Waals surface area contributed by atoms with Crippen molar-refractivity contribution in [1.29, 1.82) is 0 Å². The molecule has 4 rings (SSSR count). The van der Waals surface area contributed by atoms with E-state index >= 15 is 0 Å². The second kappa shape index (κ2) is 13.2. The van der Waals surface area contributed by atoms with E-state index in [0.717, 1.165) is 48.5 Å². The number of hydrogen-bond donors (Lipinski definition) is 1. The van der Waals surface area contributed by atoms with E-state index < -0.39 is 24.3 Å². The number of aryl methyl sites for hydroxylation is 1. The molecule has 8 heteroatoms. The molecule has 0 spiro atoms. The number of carbonyl (C=O) groups is 1. The van der Waals surface area contributed by atoms with Crippen molar-refractivity contribution >= 4 is 11.5 Å². The van der Waals surface area contributed by atoms with Crippen molar-refractivity contribution < 1.29 is 32.5 Å². The van der Waals surface area contributed by atoms with Gasteiger partial charge in [0.2, 0.25) is 0 Å². The van der Waals surface area contributed by atoms with E-state index in [0.29, 0.717) is 22.6 Å². The van der Waals surface area contributed by atoms with Crippen LogP contribution in [0.15, 0.2) is 72.8 Å². The van der Waals surface area contributed by atoms with E-state index in [9.17, 15) is 18.0 Å². The molecular formula is C32H30F3NO4. The Hall–Kier alpha value is -4.22. The number of aliphatic carboxylic acids is 1. The zero-order chi connectivity index (χ0) is 28.5. The Morgan fingerprint density at radius 1 is 0.975 bits per heavy atom. The number of hydrogen-bond acceptors (Lipinski definition) is 4. The first-order valence-corrected chi connectivity index (χ1v) is 13.0. The first-order chi connectivity index (χ1) is 19.2. The van der Waals surface area contributed by atoms with Crippen LogP contribution in [0.2, 0.25) is 0 Å².